The predicted octanol–water partition coefficient (Wildman–Crippen LogP) is 4.14. The van der Waals surface area contributed by atoms with Crippen molar-refractivity contribution in [3.05, 3.63) is 30.1 Å². The fraction of sp³-hybridized carbons (Fsp3) is 0.760. The Hall–Kier alpha value is -1.46. The van der Waals surface area contributed by atoms with E-state index in [-0.39, 0.29) is 29.0 Å². The van der Waals surface area contributed by atoms with Crippen LogP contribution in [0.4, 0.5) is 0 Å². The lowest BCUT2D eigenvalue weighted by atomic mass is 9.53. The standard InChI is InChI=1S/C25H34N2O3/c1-24-8-5-9-25(16-29-25)22(24)12-18-19(23(28)30-21(18)13-24)15-27-11-3-2-7-20(27)17-6-4-10-26-14-17/h4,6,10,14,18-22H,2-3,5,7-9,11-13,15-16H2,1H3. The molecule has 2 saturated carbocycles. The Bertz CT molecular complexity index is 810. The molecule has 3 saturated heterocycles. The third-order valence-electron chi connectivity index (χ3n) is 9.19. The van der Waals surface area contributed by atoms with Crippen molar-refractivity contribution in [2.24, 2.45) is 23.2 Å². The number of aromatic nitrogens is 1. The molecule has 5 heteroatoms. The topological polar surface area (TPSA) is 55.0 Å². The quantitative estimate of drug-likeness (QED) is 0.554. The molecule has 1 aromatic rings. The van der Waals surface area contributed by atoms with E-state index in [0.717, 1.165) is 39.0 Å². The van der Waals surface area contributed by atoms with Crippen LogP contribution in [-0.2, 0) is 14.3 Å². The van der Waals surface area contributed by atoms with Crippen LogP contribution in [-0.4, -0.2) is 47.3 Å². The first-order valence-electron chi connectivity index (χ1n) is 12.1. The number of carbonyl (C=O) groups excluding carboxylic acids is 1. The molecule has 30 heavy (non-hydrogen) atoms. The van der Waals surface area contributed by atoms with Crippen molar-refractivity contribution < 1.29 is 14.3 Å². The van der Waals surface area contributed by atoms with Gasteiger partial charge in [0.05, 0.1) is 18.1 Å². The molecule has 4 heterocycles. The molecule has 0 amide bonds. The molecule has 0 radical (unpaired) electrons. The molecule has 5 fully saturated rings. The smallest absolute Gasteiger partial charge is 0.310 e. The van der Waals surface area contributed by atoms with Crippen LogP contribution in [0.5, 0.6) is 0 Å². The summed E-state index contributed by atoms with van der Waals surface area (Å²) in [7, 11) is 0. The van der Waals surface area contributed by atoms with Gasteiger partial charge in [0.1, 0.15) is 6.10 Å². The Morgan fingerprint density at radius 3 is 2.97 bits per heavy atom. The molecular weight excluding hydrogens is 376 g/mol. The summed E-state index contributed by atoms with van der Waals surface area (Å²) in [5, 5.41) is 0. The number of carbonyl (C=O) groups is 1. The molecule has 0 aromatic carbocycles. The maximum absolute atomic E-state index is 13.1. The van der Waals surface area contributed by atoms with Crippen LogP contribution in [0.1, 0.15) is 69.9 Å². The predicted molar refractivity (Wildman–Crippen MR) is 113 cm³/mol. The molecule has 3 aliphatic heterocycles. The number of ether oxygens (including phenoxy) is 2. The lowest BCUT2D eigenvalue weighted by Gasteiger charge is -2.51. The Morgan fingerprint density at radius 2 is 2.17 bits per heavy atom. The number of pyridine rings is 1. The van der Waals surface area contributed by atoms with Gasteiger partial charge in [0.25, 0.3) is 0 Å². The van der Waals surface area contributed by atoms with E-state index < -0.39 is 0 Å². The fourth-order valence-corrected chi connectivity index (χ4v) is 7.58. The third kappa shape index (κ3) is 3.03. The van der Waals surface area contributed by atoms with Gasteiger partial charge in [-0.2, -0.15) is 0 Å². The van der Waals surface area contributed by atoms with Crippen LogP contribution in [0, 0.1) is 23.2 Å². The second-order valence-corrected chi connectivity index (χ2v) is 10.9. The van der Waals surface area contributed by atoms with Gasteiger partial charge in [-0.05, 0) is 74.5 Å². The average molecular weight is 411 g/mol. The summed E-state index contributed by atoms with van der Waals surface area (Å²) in [6.45, 7) is 5.26. The zero-order chi connectivity index (χ0) is 20.3. The highest BCUT2D eigenvalue weighted by Gasteiger charge is 2.65. The molecule has 5 aliphatic rings. The Kier molecular flexibility index (Phi) is 4.51. The summed E-state index contributed by atoms with van der Waals surface area (Å²) in [4.78, 5) is 20.0. The highest BCUT2D eigenvalue weighted by molar-refractivity contribution is 5.75. The van der Waals surface area contributed by atoms with E-state index in [1.165, 1.54) is 37.7 Å². The van der Waals surface area contributed by atoms with Crippen LogP contribution < -0.4 is 0 Å². The molecule has 7 unspecified atom stereocenters. The number of fused-ring (bicyclic) bond motifs is 3. The van der Waals surface area contributed by atoms with E-state index >= 15 is 0 Å². The minimum atomic E-state index is 0.00884. The van der Waals surface area contributed by atoms with Gasteiger partial charge in [0, 0.05) is 30.9 Å². The molecule has 162 valence electrons. The fourth-order valence-electron chi connectivity index (χ4n) is 7.58. The van der Waals surface area contributed by atoms with Crippen molar-refractivity contribution >= 4 is 5.97 Å². The number of hydrogen-bond donors (Lipinski definition) is 0. The van der Waals surface area contributed by atoms with Crippen molar-refractivity contribution in [3.63, 3.8) is 0 Å². The van der Waals surface area contributed by atoms with Crippen LogP contribution in [0.2, 0.25) is 0 Å². The Labute approximate surface area is 179 Å². The first-order chi connectivity index (χ1) is 14.6. The number of rotatable bonds is 3. The van der Waals surface area contributed by atoms with E-state index in [2.05, 4.69) is 22.9 Å². The summed E-state index contributed by atoms with van der Waals surface area (Å²) in [5.74, 6) is 1.00. The minimum absolute atomic E-state index is 0.00884. The number of likely N-dealkylation sites (tertiary alicyclic amines) is 1. The maximum atomic E-state index is 13.1. The monoisotopic (exact) mass is 410 g/mol. The molecule has 1 spiro atoms. The second-order valence-electron chi connectivity index (χ2n) is 10.9. The molecule has 6 rings (SSSR count). The van der Waals surface area contributed by atoms with Crippen LogP contribution in [0.15, 0.2) is 24.5 Å². The normalized spacial score (nSPS) is 45.6. The first-order valence-corrected chi connectivity index (χ1v) is 12.1. The van der Waals surface area contributed by atoms with Gasteiger partial charge >= 0.3 is 5.97 Å². The summed E-state index contributed by atoms with van der Waals surface area (Å²) in [5.41, 5.74) is 1.68. The molecule has 0 N–H and O–H groups in total. The Morgan fingerprint density at radius 1 is 1.27 bits per heavy atom. The number of hydrogen-bond acceptors (Lipinski definition) is 5. The summed E-state index contributed by atoms with van der Waals surface area (Å²) in [6, 6.07) is 4.59. The van der Waals surface area contributed by atoms with Crippen molar-refractivity contribution in [3.8, 4) is 0 Å². The van der Waals surface area contributed by atoms with E-state index in [1.54, 1.807) is 0 Å². The third-order valence-corrected chi connectivity index (χ3v) is 9.19. The highest BCUT2D eigenvalue weighted by atomic mass is 16.6. The molecule has 2 aliphatic carbocycles. The lowest BCUT2D eigenvalue weighted by molar-refractivity contribution is -0.147. The summed E-state index contributed by atoms with van der Waals surface area (Å²) >= 11 is 0. The average Bonchev–Trinajstić information content (AvgIpc) is 3.46. The summed E-state index contributed by atoms with van der Waals surface area (Å²) < 4.78 is 12.1. The zero-order valence-corrected chi connectivity index (χ0v) is 18.1. The van der Waals surface area contributed by atoms with Gasteiger partial charge in [-0.1, -0.05) is 19.4 Å². The second kappa shape index (κ2) is 7.03. The number of esters is 1. The molecular formula is C25H34N2O3. The molecule has 5 nitrogen and oxygen atoms in total. The highest BCUT2D eigenvalue weighted by Crippen LogP contribution is 2.63. The largest absolute Gasteiger partial charge is 0.462 e. The van der Waals surface area contributed by atoms with Crippen molar-refractivity contribution in [2.45, 2.75) is 76.0 Å². The van der Waals surface area contributed by atoms with Crippen molar-refractivity contribution in [1.82, 2.24) is 9.88 Å². The van der Waals surface area contributed by atoms with E-state index in [0.29, 0.717) is 17.9 Å². The Balaban J connectivity index is 1.23. The molecule has 7 atom stereocenters. The van der Waals surface area contributed by atoms with Crippen LogP contribution in [0.3, 0.4) is 0 Å². The van der Waals surface area contributed by atoms with Gasteiger partial charge in [0.15, 0.2) is 0 Å². The lowest BCUT2D eigenvalue weighted by Crippen LogP contribution is -2.51. The molecule has 0 bridgehead atoms. The van der Waals surface area contributed by atoms with Gasteiger partial charge in [-0.3, -0.25) is 14.7 Å². The first kappa shape index (κ1) is 19.2. The van der Waals surface area contributed by atoms with Crippen molar-refractivity contribution in [2.75, 3.05) is 19.7 Å². The van der Waals surface area contributed by atoms with E-state index in [1.807, 2.05) is 18.5 Å². The summed E-state index contributed by atoms with van der Waals surface area (Å²) in [6.07, 6.45) is 13.4. The van der Waals surface area contributed by atoms with E-state index in [4.69, 9.17) is 9.47 Å². The maximum Gasteiger partial charge on any atom is 0.310 e. The minimum Gasteiger partial charge on any atom is -0.462 e. The van der Waals surface area contributed by atoms with E-state index in [9.17, 15) is 4.79 Å². The van der Waals surface area contributed by atoms with Crippen LogP contribution >= 0.6 is 0 Å². The number of nitrogens with zero attached hydrogens (tertiary/aromatic N) is 2. The zero-order valence-electron chi connectivity index (χ0n) is 18.1. The SMILES string of the molecule is CC12CCCC3(CO3)C1CC1C(C2)OC(=O)C1CN1CCCCC1c1cccnc1. The number of epoxide rings is 1. The van der Waals surface area contributed by atoms with Crippen LogP contribution in [0.25, 0.3) is 0 Å². The van der Waals surface area contributed by atoms with Gasteiger partial charge < -0.3 is 9.47 Å². The number of piperidine rings is 1. The van der Waals surface area contributed by atoms with Gasteiger partial charge in [0.2, 0.25) is 0 Å². The van der Waals surface area contributed by atoms with Crippen molar-refractivity contribution in [1.29, 1.82) is 0 Å². The van der Waals surface area contributed by atoms with Gasteiger partial charge in [-0.25, -0.2) is 0 Å². The molecule has 1 aromatic heterocycles. The van der Waals surface area contributed by atoms with Gasteiger partial charge in [-0.15, -0.1) is 0 Å².